The Morgan fingerprint density at radius 2 is 1.93 bits per heavy atom. The molecule has 0 aliphatic rings. The molecule has 0 fully saturated rings. The summed E-state index contributed by atoms with van der Waals surface area (Å²) >= 11 is 0. The number of nitrogens with one attached hydrogen (secondary N) is 1. The lowest BCUT2D eigenvalue weighted by Crippen LogP contribution is -2.34. The van der Waals surface area contributed by atoms with Crippen LogP contribution in [0, 0.1) is 5.92 Å². The van der Waals surface area contributed by atoms with Gasteiger partial charge >= 0.3 is 0 Å². The van der Waals surface area contributed by atoms with Crippen molar-refractivity contribution in [3.05, 3.63) is 0 Å². The molecule has 0 saturated heterocycles. The number of hydrogen-bond acceptors (Lipinski definition) is 2. The summed E-state index contributed by atoms with van der Waals surface area (Å²) < 4.78 is 0. The van der Waals surface area contributed by atoms with Crippen LogP contribution in [0.15, 0.2) is 0 Å². The van der Waals surface area contributed by atoms with Crippen LogP contribution in [0.25, 0.3) is 0 Å². The lowest BCUT2D eigenvalue weighted by atomic mass is 10.0. The SMILES string of the molecule is CCC(C)CC(C)NC(=O)CCC(C)N. The first-order valence-electron chi connectivity index (χ1n) is 6.00. The maximum Gasteiger partial charge on any atom is 0.220 e. The summed E-state index contributed by atoms with van der Waals surface area (Å²) in [6.07, 6.45) is 3.53. The summed E-state index contributed by atoms with van der Waals surface area (Å²) in [7, 11) is 0. The van der Waals surface area contributed by atoms with Crippen LogP contribution in [0.3, 0.4) is 0 Å². The quantitative estimate of drug-likeness (QED) is 0.681. The summed E-state index contributed by atoms with van der Waals surface area (Å²) in [5.74, 6) is 0.803. The molecule has 0 aromatic heterocycles. The van der Waals surface area contributed by atoms with Crippen LogP contribution in [-0.2, 0) is 4.79 Å². The zero-order chi connectivity index (χ0) is 11.8. The first-order chi connectivity index (χ1) is 6.95. The predicted octanol–water partition coefficient (Wildman–Crippen LogP) is 2.05. The molecule has 0 bridgehead atoms. The van der Waals surface area contributed by atoms with Crippen LogP contribution in [0.2, 0.25) is 0 Å². The molecular formula is C12H26N2O. The van der Waals surface area contributed by atoms with Crippen molar-refractivity contribution in [1.29, 1.82) is 0 Å². The predicted molar refractivity (Wildman–Crippen MR) is 64.6 cm³/mol. The van der Waals surface area contributed by atoms with Gasteiger partial charge in [0, 0.05) is 18.5 Å². The third-order valence-electron chi connectivity index (χ3n) is 2.69. The van der Waals surface area contributed by atoms with Crippen molar-refractivity contribution >= 4 is 5.91 Å². The molecular weight excluding hydrogens is 188 g/mol. The lowest BCUT2D eigenvalue weighted by molar-refractivity contribution is -0.121. The summed E-state index contributed by atoms with van der Waals surface area (Å²) in [4.78, 5) is 11.5. The van der Waals surface area contributed by atoms with Crippen molar-refractivity contribution in [2.24, 2.45) is 11.7 Å². The van der Waals surface area contributed by atoms with Crippen LogP contribution >= 0.6 is 0 Å². The van der Waals surface area contributed by atoms with E-state index in [4.69, 9.17) is 5.73 Å². The maximum absolute atomic E-state index is 11.5. The second-order valence-electron chi connectivity index (χ2n) is 4.73. The van der Waals surface area contributed by atoms with Crippen LogP contribution in [-0.4, -0.2) is 18.0 Å². The molecule has 0 aliphatic heterocycles. The maximum atomic E-state index is 11.5. The van der Waals surface area contributed by atoms with Gasteiger partial charge in [-0.15, -0.1) is 0 Å². The van der Waals surface area contributed by atoms with E-state index < -0.39 is 0 Å². The molecule has 3 nitrogen and oxygen atoms in total. The molecule has 0 saturated carbocycles. The van der Waals surface area contributed by atoms with E-state index in [1.165, 1.54) is 6.42 Å². The molecule has 3 atom stereocenters. The van der Waals surface area contributed by atoms with E-state index in [0.717, 1.165) is 12.8 Å². The third-order valence-corrected chi connectivity index (χ3v) is 2.69. The molecule has 0 spiro atoms. The Kier molecular flexibility index (Phi) is 7.39. The Balaban J connectivity index is 3.66. The van der Waals surface area contributed by atoms with E-state index in [0.29, 0.717) is 12.3 Å². The van der Waals surface area contributed by atoms with Gasteiger partial charge < -0.3 is 11.1 Å². The highest BCUT2D eigenvalue weighted by molar-refractivity contribution is 5.76. The minimum absolute atomic E-state index is 0.112. The fourth-order valence-electron chi connectivity index (χ4n) is 1.53. The molecule has 0 rings (SSSR count). The van der Waals surface area contributed by atoms with Crippen LogP contribution in [0.4, 0.5) is 0 Å². The number of amides is 1. The van der Waals surface area contributed by atoms with Gasteiger partial charge in [-0.2, -0.15) is 0 Å². The van der Waals surface area contributed by atoms with Gasteiger partial charge in [0.1, 0.15) is 0 Å². The Morgan fingerprint density at radius 1 is 1.33 bits per heavy atom. The Morgan fingerprint density at radius 3 is 2.40 bits per heavy atom. The van der Waals surface area contributed by atoms with Gasteiger partial charge in [0.15, 0.2) is 0 Å². The summed E-state index contributed by atoms with van der Waals surface area (Å²) in [5, 5.41) is 3.01. The van der Waals surface area contributed by atoms with Crippen molar-refractivity contribution in [2.75, 3.05) is 0 Å². The summed E-state index contributed by atoms with van der Waals surface area (Å²) in [5.41, 5.74) is 5.59. The summed E-state index contributed by atoms with van der Waals surface area (Å²) in [6, 6.07) is 0.390. The normalized spacial score (nSPS) is 16.9. The van der Waals surface area contributed by atoms with E-state index >= 15 is 0 Å². The first-order valence-corrected chi connectivity index (χ1v) is 6.00. The number of hydrogen-bond donors (Lipinski definition) is 2. The van der Waals surface area contributed by atoms with E-state index in [-0.39, 0.29) is 18.0 Å². The number of rotatable bonds is 7. The van der Waals surface area contributed by atoms with Gasteiger partial charge in [-0.25, -0.2) is 0 Å². The molecule has 15 heavy (non-hydrogen) atoms. The van der Waals surface area contributed by atoms with Crippen molar-refractivity contribution in [1.82, 2.24) is 5.32 Å². The van der Waals surface area contributed by atoms with E-state index in [9.17, 15) is 4.79 Å². The first kappa shape index (κ1) is 14.4. The average molecular weight is 214 g/mol. The number of nitrogens with two attached hydrogens (primary N) is 1. The van der Waals surface area contributed by atoms with Gasteiger partial charge in [0.2, 0.25) is 5.91 Å². The molecule has 0 aromatic carbocycles. The average Bonchev–Trinajstić information content (AvgIpc) is 2.14. The zero-order valence-corrected chi connectivity index (χ0v) is 10.5. The van der Waals surface area contributed by atoms with Gasteiger partial charge in [0.25, 0.3) is 0 Å². The van der Waals surface area contributed by atoms with Crippen molar-refractivity contribution in [3.8, 4) is 0 Å². The highest BCUT2D eigenvalue weighted by atomic mass is 16.1. The fourth-order valence-corrected chi connectivity index (χ4v) is 1.53. The third kappa shape index (κ3) is 8.43. The van der Waals surface area contributed by atoms with E-state index in [1.807, 2.05) is 6.92 Å². The van der Waals surface area contributed by atoms with Gasteiger partial charge in [-0.1, -0.05) is 20.3 Å². The molecule has 0 aromatic rings. The zero-order valence-electron chi connectivity index (χ0n) is 10.5. The monoisotopic (exact) mass is 214 g/mol. The van der Waals surface area contributed by atoms with E-state index in [1.54, 1.807) is 0 Å². The van der Waals surface area contributed by atoms with Crippen molar-refractivity contribution < 1.29 is 4.79 Å². The van der Waals surface area contributed by atoms with Gasteiger partial charge in [0.05, 0.1) is 0 Å². The van der Waals surface area contributed by atoms with Crippen molar-refractivity contribution in [3.63, 3.8) is 0 Å². The smallest absolute Gasteiger partial charge is 0.220 e. The fraction of sp³-hybridized carbons (Fsp3) is 0.917. The minimum Gasteiger partial charge on any atom is -0.354 e. The molecule has 3 heteroatoms. The molecule has 3 N–H and O–H groups in total. The second kappa shape index (κ2) is 7.69. The molecule has 0 aliphatic carbocycles. The second-order valence-corrected chi connectivity index (χ2v) is 4.73. The van der Waals surface area contributed by atoms with Gasteiger partial charge in [-0.05, 0) is 32.6 Å². The van der Waals surface area contributed by atoms with Gasteiger partial charge in [-0.3, -0.25) is 4.79 Å². The molecule has 0 heterocycles. The topological polar surface area (TPSA) is 55.1 Å². The lowest BCUT2D eigenvalue weighted by Gasteiger charge is -2.17. The molecule has 3 unspecified atom stereocenters. The van der Waals surface area contributed by atoms with E-state index in [2.05, 4.69) is 26.1 Å². The standard InChI is InChI=1S/C12H26N2O/c1-5-9(2)8-11(4)14-12(15)7-6-10(3)13/h9-11H,5-8,13H2,1-4H3,(H,14,15). The van der Waals surface area contributed by atoms with Crippen LogP contribution in [0.1, 0.15) is 53.4 Å². The number of carbonyl (C=O) groups excluding carboxylic acids is 1. The molecule has 1 amide bonds. The molecule has 90 valence electrons. The highest BCUT2D eigenvalue weighted by Crippen LogP contribution is 2.09. The number of carbonyl (C=O) groups is 1. The Labute approximate surface area is 93.8 Å². The Bertz CT molecular complexity index is 180. The largest absolute Gasteiger partial charge is 0.354 e. The van der Waals surface area contributed by atoms with Crippen molar-refractivity contribution in [2.45, 2.75) is 65.5 Å². The highest BCUT2D eigenvalue weighted by Gasteiger charge is 2.10. The van der Waals surface area contributed by atoms with Crippen LogP contribution < -0.4 is 11.1 Å². The van der Waals surface area contributed by atoms with Crippen LogP contribution in [0.5, 0.6) is 0 Å². The minimum atomic E-state index is 0.112. The summed E-state index contributed by atoms with van der Waals surface area (Å²) in [6.45, 7) is 8.38. The molecule has 0 radical (unpaired) electrons. The Hall–Kier alpha value is -0.570.